The molecular weight excluding hydrogens is 190 g/mol. The van der Waals surface area contributed by atoms with Gasteiger partial charge in [-0.2, -0.15) is 10.2 Å². The number of anilines is 1. The van der Waals surface area contributed by atoms with E-state index in [1.165, 1.54) is 0 Å². The summed E-state index contributed by atoms with van der Waals surface area (Å²) in [5, 5.41) is 11.7. The van der Waals surface area contributed by atoms with Gasteiger partial charge in [0, 0.05) is 38.5 Å². The number of rotatable bonds is 3. The van der Waals surface area contributed by atoms with Crippen molar-refractivity contribution in [2.24, 2.45) is 14.1 Å². The second-order valence-electron chi connectivity index (χ2n) is 3.67. The van der Waals surface area contributed by atoms with Gasteiger partial charge >= 0.3 is 0 Å². The van der Waals surface area contributed by atoms with Gasteiger partial charge in [-0.1, -0.05) is 0 Å². The van der Waals surface area contributed by atoms with Gasteiger partial charge in [0.1, 0.15) is 5.82 Å². The Morgan fingerprint density at radius 3 is 2.73 bits per heavy atom. The van der Waals surface area contributed by atoms with Crippen molar-refractivity contribution in [1.82, 2.24) is 19.6 Å². The molecular formula is C10H15N5. The predicted octanol–water partition coefficient (Wildman–Crippen LogP) is 1.07. The van der Waals surface area contributed by atoms with Gasteiger partial charge in [0.25, 0.3) is 0 Å². The molecule has 0 radical (unpaired) electrons. The molecule has 0 aromatic carbocycles. The average molecular weight is 205 g/mol. The maximum absolute atomic E-state index is 4.26. The summed E-state index contributed by atoms with van der Waals surface area (Å²) >= 11 is 0. The van der Waals surface area contributed by atoms with E-state index in [2.05, 4.69) is 15.5 Å². The van der Waals surface area contributed by atoms with Crippen molar-refractivity contribution < 1.29 is 0 Å². The van der Waals surface area contributed by atoms with Gasteiger partial charge in [-0.3, -0.25) is 9.36 Å². The van der Waals surface area contributed by atoms with Gasteiger partial charge in [-0.05, 0) is 6.92 Å². The number of hydrogen-bond acceptors (Lipinski definition) is 3. The Bertz CT molecular complexity index is 454. The maximum atomic E-state index is 4.26. The monoisotopic (exact) mass is 205 g/mol. The van der Waals surface area contributed by atoms with E-state index < -0.39 is 0 Å². The van der Waals surface area contributed by atoms with E-state index in [9.17, 15) is 0 Å². The van der Waals surface area contributed by atoms with Crippen LogP contribution in [-0.2, 0) is 20.6 Å². The standard InChI is InChI=1S/C10H15N5/c1-8-4-10(15(3)13-8)11-5-9-6-12-14(2)7-9/h4,6-7,11H,5H2,1-3H3. The maximum Gasteiger partial charge on any atom is 0.124 e. The number of aryl methyl sites for hydroxylation is 3. The van der Waals surface area contributed by atoms with Crippen LogP contribution >= 0.6 is 0 Å². The molecule has 0 unspecified atom stereocenters. The van der Waals surface area contributed by atoms with Crippen LogP contribution in [-0.4, -0.2) is 19.6 Å². The summed E-state index contributed by atoms with van der Waals surface area (Å²) in [6.45, 7) is 2.75. The highest BCUT2D eigenvalue weighted by Gasteiger charge is 2.01. The van der Waals surface area contributed by atoms with E-state index >= 15 is 0 Å². The van der Waals surface area contributed by atoms with Crippen molar-refractivity contribution in [3.05, 3.63) is 29.7 Å². The van der Waals surface area contributed by atoms with Crippen LogP contribution in [0.4, 0.5) is 5.82 Å². The average Bonchev–Trinajstić information content (AvgIpc) is 2.70. The van der Waals surface area contributed by atoms with E-state index in [1.54, 1.807) is 4.68 Å². The predicted molar refractivity (Wildman–Crippen MR) is 58.5 cm³/mol. The van der Waals surface area contributed by atoms with E-state index in [0.29, 0.717) is 0 Å². The highest BCUT2D eigenvalue weighted by atomic mass is 15.3. The van der Waals surface area contributed by atoms with Crippen LogP contribution in [0.5, 0.6) is 0 Å². The first kappa shape index (κ1) is 9.76. The molecule has 80 valence electrons. The summed E-state index contributed by atoms with van der Waals surface area (Å²) in [7, 11) is 3.84. The molecule has 0 saturated heterocycles. The van der Waals surface area contributed by atoms with Crippen LogP contribution in [0.3, 0.4) is 0 Å². The van der Waals surface area contributed by atoms with Crippen molar-refractivity contribution in [3.63, 3.8) is 0 Å². The molecule has 2 aromatic rings. The van der Waals surface area contributed by atoms with Gasteiger partial charge in [-0.15, -0.1) is 0 Å². The van der Waals surface area contributed by atoms with Crippen molar-refractivity contribution in [2.45, 2.75) is 13.5 Å². The summed E-state index contributed by atoms with van der Waals surface area (Å²) in [6, 6.07) is 2.02. The Hall–Kier alpha value is -1.78. The Balaban J connectivity index is 2.01. The first-order chi connectivity index (χ1) is 7.15. The van der Waals surface area contributed by atoms with Gasteiger partial charge < -0.3 is 5.32 Å². The zero-order valence-corrected chi connectivity index (χ0v) is 9.23. The lowest BCUT2D eigenvalue weighted by atomic mass is 10.3. The molecule has 0 saturated carbocycles. The normalized spacial score (nSPS) is 10.6. The number of aromatic nitrogens is 4. The highest BCUT2D eigenvalue weighted by molar-refractivity contribution is 5.37. The van der Waals surface area contributed by atoms with Gasteiger partial charge in [0.2, 0.25) is 0 Å². The highest BCUT2D eigenvalue weighted by Crippen LogP contribution is 2.09. The van der Waals surface area contributed by atoms with E-state index in [-0.39, 0.29) is 0 Å². The molecule has 5 nitrogen and oxygen atoms in total. The summed E-state index contributed by atoms with van der Waals surface area (Å²) in [4.78, 5) is 0. The molecule has 1 N–H and O–H groups in total. The fourth-order valence-corrected chi connectivity index (χ4v) is 1.53. The Kier molecular flexibility index (Phi) is 2.45. The molecule has 2 rings (SSSR count). The Morgan fingerprint density at radius 1 is 1.40 bits per heavy atom. The van der Waals surface area contributed by atoms with E-state index in [1.807, 2.05) is 44.2 Å². The van der Waals surface area contributed by atoms with Crippen LogP contribution in [0.25, 0.3) is 0 Å². The quantitative estimate of drug-likeness (QED) is 0.815. The zero-order chi connectivity index (χ0) is 10.8. The molecule has 0 bridgehead atoms. The lowest BCUT2D eigenvalue weighted by Crippen LogP contribution is -2.03. The second-order valence-corrected chi connectivity index (χ2v) is 3.67. The molecule has 5 heteroatoms. The summed E-state index contributed by atoms with van der Waals surface area (Å²) in [5.74, 6) is 1.02. The van der Waals surface area contributed by atoms with E-state index in [4.69, 9.17) is 0 Å². The van der Waals surface area contributed by atoms with Crippen LogP contribution in [0.2, 0.25) is 0 Å². The fourth-order valence-electron chi connectivity index (χ4n) is 1.53. The molecule has 0 aliphatic rings. The number of nitrogens with one attached hydrogen (secondary N) is 1. The summed E-state index contributed by atoms with van der Waals surface area (Å²) in [6.07, 6.45) is 3.85. The third-order valence-electron chi connectivity index (χ3n) is 2.23. The van der Waals surface area contributed by atoms with Gasteiger partial charge in [-0.25, -0.2) is 0 Å². The zero-order valence-electron chi connectivity index (χ0n) is 9.23. The SMILES string of the molecule is Cc1cc(NCc2cnn(C)c2)n(C)n1. The van der Waals surface area contributed by atoms with Crippen molar-refractivity contribution >= 4 is 5.82 Å². The molecule has 0 fully saturated rings. The van der Waals surface area contributed by atoms with E-state index in [0.717, 1.165) is 23.6 Å². The molecule has 2 heterocycles. The minimum Gasteiger partial charge on any atom is -0.366 e. The minimum atomic E-state index is 0.771. The first-order valence-electron chi connectivity index (χ1n) is 4.87. The number of nitrogens with zero attached hydrogens (tertiary/aromatic N) is 4. The fraction of sp³-hybridized carbons (Fsp3) is 0.400. The molecule has 0 spiro atoms. The largest absolute Gasteiger partial charge is 0.366 e. The topological polar surface area (TPSA) is 47.7 Å². The third kappa shape index (κ3) is 2.18. The molecule has 0 aliphatic carbocycles. The second kappa shape index (κ2) is 3.76. The van der Waals surface area contributed by atoms with Crippen LogP contribution < -0.4 is 5.32 Å². The molecule has 2 aromatic heterocycles. The van der Waals surface area contributed by atoms with Crippen LogP contribution in [0.1, 0.15) is 11.3 Å². The third-order valence-corrected chi connectivity index (χ3v) is 2.23. The lowest BCUT2D eigenvalue weighted by molar-refractivity contribution is 0.757. The van der Waals surface area contributed by atoms with Crippen molar-refractivity contribution in [3.8, 4) is 0 Å². The van der Waals surface area contributed by atoms with Gasteiger partial charge in [0.15, 0.2) is 0 Å². The van der Waals surface area contributed by atoms with Crippen LogP contribution in [0, 0.1) is 6.92 Å². The molecule has 0 atom stereocenters. The molecule has 0 amide bonds. The van der Waals surface area contributed by atoms with Crippen molar-refractivity contribution in [1.29, 1.82) is 0 Å². The number of hydrogen-bond donors (Lipinski definition) is 1. The van der Waals surface area contributed by atoms with Crippen LogP contribution in [0.15, 0.2) is 18.5 Å². The summed E-state index contributed by atoms with van der Waals surface area (Å²) in [5.41, 5.74) is 2.18. The van der Waals surface area contributed by atoms with Gasteiger partial charge in [0.05, 0.1) is 11.9 Å². The smallest absolute Gasteiger partial charge is 0.124 e. The Labute approximate surface area is 88.7 Å². The van der Waals surface area contributed by atoms with Crippen molar-refractivity contribution in [2.75, 3.05) is 5.32 Å². The molecule has 0 aliphatic heterocycles. The summed E-state index contributed by atoms with van der Waals surface area (Å²) < 4.78 is 3.64. The lowest BCUT2D eigenvalue weighted by Gasteiger charge is -2.03. The molecule has 15 heavy (non-hydrogen) atoms. The first-order valence-corrected chi connectivity index (χ1v) is 4.87. The Morgan fingerprint density at radius 2 is 2.20 bits per heavy atom. The minimum absolute atomic E-state index is 0.771.